The first kappa shape index (κ1) is 13.2. The molecule has 3 rings (SSSR count). The lowest BCUT2D eigenvalue weighted by atomic mass is 10.2. The van der Waals surface area contributed by atoms with Crippen LogP contribution in [0.3, 0.4) is 0 Å². The molecule has 20 heavy (non-hydrogen) atoms. The van der Waals surface area contributed by atoms with Crippen molar-refractivity contribution in [2.75, 3.05) is 0 Å². The van der Waals surface area contributed by atoms with Crippen molar-refractivity contribution >= 4 is 44.7 Å². The van der Waals surface area contributed by atoms with Crippen molar-refractivity contribution in [2.24, 2.45) is 0 Å². The minimum atomic E-state index is -0.939. The molecule has 0 bridgehead atoms. The molecule has 0 spiro atoms. The zero-order chi connectivity index (χ0) is 14.1. The summed E-state index contributed by atoms with van der Waals surface area (Å²) < 4.78 is 0.739. The number of imidazole rings is 1. The second kappa shape index (κ2) is 5.30. The molecule has 1 aromatic heterocycles. The number of nitrogens with one attached hydrogen (secondary N) is 1. The molecule has 3 aromatic rings. The lowest BCUT2D eigenvalue weighted by Crippen LogP contribution is -1.95. The molecule has 0 atom stereocenters. The highest BCUT2D eigenvalue weighted by atomic mass is 79.9. The van der Waals surface area contributed by atoms with E-state index in [1.807, 2.05) is 24.3 Å². The summed E-state index contributed by atoms with van der Waals surface area (Å²) in [4.78, 5) is 19.5. The molecule has 0 amide bonds. The van der Waals surface area contributed by atoms with Crippen molar-refractivity contribution in [1.82, 2.24) is 9.97 Å². The molecule has 1 heterocycles. The maximum Gasteiger partial charge on any atom is 0.335 e. The summed E-state index contributed by atoms with van der Waals surface area (Å²) in [7, 11) is 0. The summed E-state index contributed by atoms with van der Waals surface area (Å²) >= 11 is 4.84. The Kier molecular flexibility index (Phi) is 3.50. The number of hydrogen-bond donors (Lipinski definition) is 2. The molecule has 0 saturated heterocycles. The largest absolute Gasteiger partial charge is 0.478 e. The summed E-state index contributed by atoms with van der Waals surface area (Å²) in [5.74, 6) is -0.939. The predicted octanol–water partition coefficient (Wildman–Crippen LogP) is 4.17. The topological polar surface area (TPSA) is 66.0 Å². The van der Waals surface area contributed by atoms with Crippen LogP contribution < -0.4 is 0 Å². The smallest absolute Gasteiger partial charge is 0.335 e. The Hall–Kier alpha value is -1.79. The standard InChI is InChI=1S/C14H9BrN2O2S/c15-9-7-8(13(18)19)5-6-12(9)20-14-16-10-3-1-2-4-11(10)17-14/h1-7H,(H,16,17)(H,18,19). The number of benzene rings is 2. The lowest BCUT2D eigenvalue weighted by Gasteiger charge is -2.03. The molecule has 2 aromatic carbocycles. The van der Waals surface area contributed by atoms with Crippen molar-refractivity contribution in [3.05, 3.63) is 52.5 Å². The molecule has 2 N–H and O–H groups in total. The number of aromatic nitrogens is 2. The van der Waals surface area contributed by atoms with E-state index in [0.717, 1.165) is 25.6 Å². The van der Waals surface area contributed by atoms with E-state index in [1.165, 1.54) is 11.8 Å². The van der Waals surface area contributed by atoms with Crippen LogP contribution in [0.5, 0.6) is 0 Å². The van der Waals surface area contributed by atoms with Gasteiger partial charge in [-0.15, -0.1) is 0 Å². The normalized spacial score (nSPS) is 10.8. The van der Waals surface area contributed by atoms with Crippen LogP contribution in [0.1, 0.15) is 10.4 Å². The number of fused-ring (bicyclic) bond motifs is 1. The van der Waals surface area contributed by atoms with Gasteiger partial charge in [-0.2, -0.15) is 0 Å². The van der Waals surface area contributed by atoms with Gasteiger partial charge in [-0.25, -0.2) is 9.78 Å². The Morgan fingerprint density at radius 2 is 2.05 bits per heavy atom. The Bertz CT molecular complexity index is 768. The molecule has 4 nitrogen and oxygen atoms in total. The van der Waals surface area contributed by atoms with Crippen molar-refractivity contribution in [2.45, 2.75) is 10.1 Å². The summed E-state index contributed by atoms with van der Waals surface area (Å²) in [6.07, 6.45) is 0. The number of aromatic amines is 1. The van der Waals surface area contributed by atoms with Crippen LogP contribution in [-0.2, 0) is 0 Å². The van der Waals surface area contributed by atoms with Gasteiger partial charge in [0.1, 0.15) is 0 Å². The van der Waals surface area contributed by atoms with E-state index in [2.05, 4.69) is 25.9 Å². The summed E-state index contributed by atoms with van der Waals surface area (Å²) in [5.41, 5.74) is 2.15. The number of rotatable bonds is 3. The van der Waals surface area contributed by atoms with E-state index in [9.17, 15) is 4.79 Å². The van der Waals surface area contributed by atoms with Crippen LogP contribution in [0.4, 0.5) is 0 Å². The predicted molar refractivity (Wildman–Crippen MR) is 81.3 cm³/mol. The summed E-state index contributed by atoms with van der Waals surface area (Å²) in [6.45, 7) is 0. The third kappa shape index (κ3) is 2.57. The minimum Gasteiger partial charge on any atom is -0.478 e. The fourth-order valence-electron chi connectivity index (χ4n) is 1.80. The molecule has 0 saturated carbocycles. The first-order valence-electron chi connectivity index (χ1n) is 5.79. The Labute approximate surface area is 127 Å². The van der Waals surface area contributed by atoms with Crippen LogP contribution in [0.15, 0.2) is 57.0 Å². The summed E-state index contributed by atoms with van der Waals surface area (Å²) in [6, 6.07) is 12.7. The molecular weight excluding hydrogens is 340 g/mol. The molecular formula is C14H9BrN2O2S. The number of nitrogens with zero attached hydrogens (tertiary/aromatic N) is 1. The highest BCUT2D eigenvalue weighted by molar-refractivity contribution is 9.10. The van der Waals surface area contributed by atoms with Gasteiger partial charge < -0.3 is 10.1 Å². The SMILES string of the molecule is O=C(O)c1ccc(Sc2nc3ccccc3[nH]2)c(Br)c1. The van der Waals surface area contributed by atoms with E-state index in [4.69, 9.17) is 5.11 Å². The van der Waals surface area contributed by atoms with Crippen molar-refractivity contribution in [1.29, 1.82) is 0 Å². The number of halogens is 1. The zero-order valence-corrected chi connectivity index (χ0v) is 12.5. The Morgan fingerprint density at radius 3 is 2.75 bits per heavy atom. The first-order chi connectivity index (χ1) is 9.63. The monoisotopic (exact) mass is 348 g/mol. The Morgan fingerprint density at radius 1 is 1.25 bits per heavy atom. The third-order valence-electron chi connectivity index (χ3n) is 2.75. The Balaban J connectivity index is 1.92. The van der Waals surface area contributed by atoms with Gasteiger partial charge in [0, 0.05) is 9.37 Å². The molecule has 0 radical (unpaired) electrons. The number of para-hydroxylation sites is 2. The van der Waals surface area contributed by atoms with Crippen molar-refractivity contribution < 1.29 is 9.90 Å². The van der Waals surface area contributed by atoms with Crippen LogP contribution in [0.2, 0.25) is 0 Å². The van der Waals surface area contributed by atoms with E-state index >= 15 is 0 Å². The second-order valence-corrected chi connectivity index (χ2v) is 6.00. The molecule has 0 aliphatic heterocycles. The van der Waals surface area contributed by atoms with Crippen LogP contribution in [0, 0.1) is 0 Å². The van der Waals surface area contributed by atoms with E-state index < -0.39 is 5.97 Å². The van der Waals surface area contributed by atoms with Gasteiger partial charge >= 0.3 is 5.97 Å². The maximum atomic E-state index is 10.9. The average Bonchev–Trinajstić information content (AvgIpc) is 2.83. The molecule has 0 aliphatic rings. The van der Waals surface area contributed by atoms with Gasteiger partial charge in [0.25, 0.3) is 0 Å². The van der Waals surface area contributed by atoms with Gasteiger partial charge in [0.2, 0.25) is 0 Å². The van der Waals surface area contributed by atoms with Gasteiger partial charge in [0.05, 0.1) is 16.6 Å². The van der Waals surface area contributed by atoms with Gasteiger partial charge in [-0.1, -0.05) is 23.9 Å². The lowest BCUT2D eigenvalue weighted by molar-refractivity contribution is 0.0696. The van der Waals surface area contributed by atoms with Crippen LogP contribution in [-0.4, -0.2) is 21.0 Å². The van der Waals surface area contributed by atoms with E-state index in [0.29, 0.717) is 0 Å². The van der Waals surface area contributed by atoms with Crippen molar-refractivity contribution in [3.8, 4) is 0 Å². The van der Waals surface area contributed by atoms with E-state index in [-0.39, 0.29) is 5.56 Å². The average molecular weight is 349 g/mol. The number of carboxylic acid groups (broad SMARTS) is 1. The summed E-state index contributed by atoms with van der Waals surface area (Å²) in [5, 5.41) is 9.71. The van der Waals surface area contributed by atoms with Crippen molar-refractivity contribution in [3.63, 3.8) is 0 Å². The van der Waals surface area contributed by atoms with Gasteiger partial charge in [0.15, 0.2) is 5.16 Å². The first-order valence-corrected chi connectivity index (χ1v) is 7.40. The number of aromatic carboxylic acids is 1. The van der Waals surface area contributed by atoms with Crippen LogP contribution >= 0.6 is 27.7 Å². The highest BCUT2D eigenvalue weighted by Gasteiger charge is 2.10. The molecule has 0 unspecified atom stereocenters. The molecule has 6 heteroatoms. The molecule has 100 valence electrons. The highest BCUT2D eigenvalue weighted by Crippen LogP contribution is 2.33. The number of H-pyrrole nitrogens is 1. The number of carboxylic acids is 1. The number of carbonyl (C=O) groups is 1. The van der Waals surface area contributed by atoms with Gasteiger partial charge in [-0.3, -0.25) is 0 Å². The third-order valence-corrected chi connectivity index (χ3v) is 4.63. The number of hydrogen-bond acceptors (Lipinski definition) is 3. The quantitative estimate of drug-likeness (QED) is 0.745. The fraction of sp³-hybridized carbons (Fsp3) is 0. The minimum absolute atomic E-state index is 0.255. The van der Waals surface area contributed by atoms with E-state index in [1.54, 1.807) is 18.2 Å². The fourth-order valence-corrected chi connectivity index (χ4v) is 3.23. The molecule has 0 aliphatic carbocycles. The maximum absolute atomic E-state index is 10.9. The van der Waals surface area contributed by atoms with Gasteiger partial charge in [-0.05, 0) is 46.3 Å². The molecule has 0 fully saturated rings. The van der Waals surface area contributed by atoms with Crippen LogP contribution in [0.25, 0.3) is 11.0 Å². The second-order valence-electron chi connectivity index (χ2n) is 4.11. The zero-order valence-electron chi connectivity index (χ0n) is 10.1.